The van der Waals surface area contributed by atoms with E-state index in [1.807, 2.05) is 0 Å². The first kappa shape index (κ1) is 15.9. The standard InChI is InChI=1S/C9H19NO2S.C3H8/c1-8(2)13(11,12)10-6-4-9(3)5-7-10;1-3-2/h8-9H,4-7H2,1-3H3;3H2,1-2H3. The maximum absolute atomic E-state index is 11.7. The molecule has 0 aliphatic carbocycles. The Morgan fingerprint density at radius 1 is 1.19 bits per heavy atom. The number of piperidine rings is 1. The van der Waals surface area contributed by atoms with Crippen molar-refractivity contribution in [2.75, 3.05) is 13.1 Å². The van der Waals surface area contributed by atoms with Crippen molar-refractivity contribution in [2.45, 2.75) is 59.1 Å². The second kappa shape index (κ2) is 7.28. The van der Waals surface area contributed by atoms with Crippen LogP contribution in [0.4, 0.5) is 0 Å². The fourth-order valence-electron chi connectivity index (χ4n) is 1.54. The fraction of sp³-hybridized carbons (Fsp3) is 1.00. The topological polar surface area (TPSA) is 37.4 Å². The van der Waals surface area contributed by atoms with Gasteiger partial charge in [-0.15, -0.1) is 0 Å². The Labute approximate surface area is 101 Å². The van der Waals surface area contributed by atoms with Crippen molar-refractivity contribution in [3.8, 4) is 0 Å². The third kappa shape index (κ3) is 4.83. The molecule has 0 saturated carbocycles. The highest BCUT2D eigenvalue weighted by Gasteiger charge is 2.28. The van der Waals surface area contributed by atoms with Crippen molar-refractivity contribution in [1.29, 1.82) is 0 Å². The molecular weight excluding hydrogens is 222 g/mol. The maximum atomic E-state index is 11.7. The third-order valence-corrected chi connectivity index (χ3v) is 4.97. The molecule has 1 aliphatic rings. The van der Waals surface area contributed by atoms with Gasteiger partial charge in [0.05, 0.1) is 5.25 Å². The van der Waals surface area contributed by atoms with E-state index >= 15 is 0 Å². The molecule has 1 heterocycles. The molecule has 0 spiro atoms. The Morgan fingerprint density at radius 3 is 1.88 bits per heavy atom. The first-order valence-corrected chi connectivity index (χ1v) is 7.85. The molecule has 0 radical (unpaired) electrons. The molecule has 0 bridgehead atoms. The average molecular weight is 249 g/mol. The molecule has 0 atom stereocenters. The number of hydrogen-bond donors (Lipinski definition) is 0. The van der Waals surface area contributed by atoms with E-state index in [0.717, 1.165) is 12.8 Å². The van der Waals surface area contributed by atoms with Crippen LogP contribution in [0.1, 0.15) is 53.9 Å². The highest BCUT2D eigenvalue weighted by atomic mass is 32.2. The molecule has 0 aromatic rings. The lowest BCUT2D eigenvalue weighted by molar-refractivity contribution is 0.286. The van der Waals surface area contributed by atoms with E-state index in [4.69, 9.17) is 0 Å². The monoisotopic (exact) mass is 249 g/mol. The summed E-state index contributed by atoms with van der Waals surface area (Å²) in [6.45, 7) is 11.3. The van der Waals surface area contributed by atoms with Crippen molar-refractivity contribution in [2.24, 2.45) is 5.92 Å². The number of nitrogens with zero attached hydrogens (tertiary/aromatic N) is 1. The first-order valence-electron chi connectivity index (χ1n) is 6.35. The summed E-state index contributed by atoms with van der Waals surface area (Å²) in [5.74, 6) is 0.679. The highest BCUT2D eigenvalue weighted by Crippen LogP contribution is 2.20. The van der Waals surface area contributed by atoms with Gasteiger partial charge in [0.1, 0.15) is 0 Å². The maximum Gasteiger partial charge on any atom is 0.216 e. The summed E-state index contributed by atoms with van der Waals surface area (Å²) in [7, 11) is -2.99. The largest absolute Gasteiger partial charge is 0.216 e. The average Bonchev–Trinajstić information content (AvgIpc) is 2.19. The van der Waals surface area contributed by atoms with Crippen molar-refractivity contribution in [3.63, 3.8) is 0 Å². The zero-order chi connectivity index (χ0) is 12.8. The van der Waals surface area contributed by atoms with E-state index in [1.54, 1.807) is 18.2 Å². The van der Waals surface area contributed by atoms with Gasteiger partial charge in [-0.1, -0.05) is 27.2 Å². The Bertz CT molecular complexity index is 265. The minimum absolute atomic E-state index is 0.277. The van der Waals surface area contributed by atoms with E-state index < -0.39 is 10.0 Å². The molecule has 3 nitrogen and oxygen atoms in total. The van der Waals surface area contributed by atoms with Gasteiger partial charge in [0.25, 0.3) is 0 Å². The molecule has 1 rings (SSSR count). The predicted molar refractivity (Wildman–Crippen MR) is 70.0 cm³/mol. The van der Waals surface area contributed by atoms with E-state index in [-0.39, 0.29) is 5.25 Å². The normalized spacial score (nSPS) is 19.4. The Balaban J connectivity index is 0.000000673. The molecule has 0 amide bonds. The summed E-state index contributed by atoms with van der Waals surface area (Å²) in [5, 5.41) is -0.277. The van der Waals surface area contributed by atoms with E-state index in [9.17, 15) is 8.42 Å². The SMILES string of the molecule is CC1CCN(S(=O)(=O)C(C)C)CC1.CCC. The van der Waals surface area contributed by atoms with Crippen molar-refractivity contribution in [1.82, 2.24) is 4.31 Å². The summed E-state index contributed by atoms with van der Waals surface area (Å²) in [4.78, 5) is 0. The smallest absolute Gasteiger partial charge is 0.212 e. The Hall–Kier alpha value is -0.0900. The molecule has 1 aliphatic heterocycles. The van der Waals surface area contributed by atoms with Crippen LogP contribution in [-0.2, 0) is 10.0 Å². The van der Waals surface area contributed by atoms with Crippen molar-refractivity contribution in [3.05, 3.63) is 0 Å². The second-order valence-corrected chi connectivity index (χ2v) is 7.37. The second-order valence-electron chi connectivity index (χ2n) is 4.88. The third-order valence-electron chi connectivity index (χ3n) is 2.70. The van der Waals surface area contributed by atoms with Gasteiger partial charge in [-0.05, 0) is 32.6 Å². The van der Waals surface area contributed by atoms with Crippen molar-refractivity contribution < 1.29 is 8.42 Å². The molecular formula is C12H27NO2S. The van der Waals surface area contributed by atoms with Gasteiger partial charge >= 0.3 is 0 Å². The Morgan fingerprint density at radius 2 is 1.56 bits per heavy atom. The summed E-state index contributed by atoms with van der Waals surface area (Å²) in [6, 6.07) is 0. The molecule has 98 valence electrons. The van der Waals surface area contributed by atoms with Gasteiger partial charge in [0, 0.05) is 13.1 Å². The van der Waals surface area contributed by atoms with Crippen LogP contribution in [0.5, 0.6) is 0 Å². The summed E-state index contributed by atoms with van der Waals surface area (Å²) in [5.41, 5.74) is 0. The Kier molecular flexibility index (Phi) is 7.24. The zero-order valence-corrected chi connectivity index (χ0v) is 12.2. The molecule has 4 heteroatoms. The fourth-order valence-corrected chi connectivity index (χ4v) is 2.85. The number of sulfonamides is 1. The minimum Gasteiger partial charge on any atom is -0.212 e. The van der Waals surface area contributed by atoms with Gasteiger partial charge < -0.3 is 0 Å². The van der Waals surface area contributed by atoms with Crippen LogP contribution in [0.2, 0.25) is 0 Å². The molecule has 1 fully saturated rings. The van der Waals surface area contributed by atoms with E-state index in [0.29, 0.717) is 19.0 Å². The zero-order valence-electron chi connectivity index (χ0n) is 11.4. The van der Waals surface area contributed by atoms with Gasteiger partial charge in [-0.2, -0.15) is 0 Å². The lowest BCUT2D eigenvalue weighted by atomic mass is 10.0. The van der Waals surface area contributed by atoms with Crippen LogP contribution in [0.3, 0.4) is 0 Å². The lowest BCUT2D eigenvalue weighted by Gasteiger charge is -2.30. The summed E-state index contributed by atoms with van der Waals surface area (Å²) < 4.78 is 25.1. The molecule has 1 saturated heterocycles. The van der Waals surface area contributed by atoms with Gasteiger partial charge in [-0.25, -0.2) is 12.7 Å². The van der Waals surface area contributed by atoms with Crippen LogP contribution in [0.15, 0.2) is 0 Å². The van der Waals surface area contributed by atoms with E-state index in [2.05, 4.69) is 20.8 Å². The number of hydrogen-bond acceptors (Lipinski definition) is 2. The molecule has 0 unspecified atom stereocenters. The van der Waals surface area contributed by atoms with Crippen LogP contribution >= 0.6 is 0 Å². The predicted octanol–water partition coefficient (Wildman–Crippen LogP) is 2.87. The summed E-state index contributed by atoms with van der Waals surface area (Å²) in [6.07, 6.45) is 3.26. The van der Waals surface area contributed by atoms with Crippen molar-refractivity contribution >= 4 is 10.0 Å². The minimum atomic E-state index is -2.99. The molecule has 16 heavy (non-hydrogen) atoms. The number of rotatable bonds is 2. The molecule has 0 N–H and O–H groups in total. The molecule has 0 aromatic heterocycles. The van der Waals surface area contributed by atoms with Crippen LogP contribution < -0.4 is 0 Å². The first-order chi connectivity index (χ1) is 7.36. The van der Waals surface area contributed by atoms with Crippen LogP contribution in [0.25, 0.3) is 0 Å². The van der Waals surface area contributed by atoms with Crippen LogP contribution in [-0.4, -0.2) is 31.1 Å². The highest BCUT2D eigenvalue weighted by molar-refractivity contribution is 7.89. The molecule has 0 aromatic carbocycles. The van der Waals surface area contributed by atoms with Gasteiger partial charge in [0.15, 0.2) is 0 Å². The lowest BCUT2D eigenvalue weighted by Crippen LogP contribution is -2.41. The van der Waals surface area contributed by atoms with E-state index in [1.165, 1.54) is 6.42 Å². The van der Waals surface area contributed by atoms with Crippen LogP contribution in [0, 0.1) is 5.92 Å². The summed E-state index contributed by atoms with van der Waals surface area (Å²) >= 11 is 0. The quantitative estimate of drug-likeness (QED) is 0.754. The van der Waals surface area contributed by atoms with Gasteiger partial charge in [0.2, 0.25) is 10.0 Å². The van der Waals surface area contributed by atoms with Gasteiger partial charge in [-0.3, -0.25) is 0 Å².